The average Bonchev–Trinajstić information content (AvgIpc) is 3.20. The van der Waals surface area contributed by atoms with Crippen LogP contribution in [0.4, 0.5) is 5.69 Å². The quantitative estimate of drug-likeness (QED) is 0.744. The number of rotatable bonds is 1. The van der Waals surface area contributed by atoms with E-state index in [0.29, 0.717) is 21.6 Å². The van der Waals surface area contributed by atoms with Gasteiger partial charge in [0.1, 0.15) is 0 Å². The van der Waals surface area contributed by atoms with Crippen molar-refractivity contribution in [3.8, 4) is 11.1 Å². The third-order valence-electron chi connectivity index (χ3n) is 5.48. The molecule has 0 amide bonds. The second-order valence-corrected chi connectivity index (χ2v) is 8.65. The van der Waals surface area contributed by atoms with Crippen LogP contribution in [-0.2, 0) is 9.84 Å². The predicted molar refractivity (Wildman–Crippen MR) is 89.4 cm³/mol. The van der Waals surface area contributed by atoms with Gasteiger partial charge in [0.2, 0.25) is 9.84 Å². The SMILES string of the molecule is O=S1(=O)c2ccccc2-c2ccc(N3CC4CNCC4C3)cc21. The molecule has 4 nitrogen and oxygen atoms in total. The highest BCUT2D eigenvalue weighted by Gasteiger charge is 2.38. The van der Waals surface area contributed by atoms with Crippen LogP contribution in [0, 0.1) is 11.8 Å². The Morgan fingerprint density at radius 1 is 0.913 bits per heavy atom. The molecule has 0 saturated carbocycles. The first kappa shape index (κ1) is 13.6. The van der Waals surface area contributed by atoms with Gasteiger partial charge >= 0.3 is 0 Å². The number of hydrogen-bond donors (Lipinski definition) is 1. The van der Waals surface area contributed by atoms with E-state index < -0.39 is 9.84 Å². The van der Waals surface area contributed by atoms with E-state index >= 15 is 0 Å². The van der Waals surface area contributed by atoms with Crippen LogP contribution in [0.1, 0.15) is 0 Å². The molecule has 2 fully saturated rings. The van der Waals surface area contributed by atoms with Crippen molar-refractivity contribution in [3.63, 3.8) is 0 Å². The first-order valence-corrected chi connectivity index (χ1v) is 9.57. The van der Waals surface area contributed by atoms with E-state index in [1.807, 2.05) is 24.3 Å². The molecule has 2 saturated heterocycles. The van der Waals surface area contributed by atoms with Gasteiger partial charge in [0.15, 0.2) is 0 Å². The molecule has 3 heterocycles. The van der Waals surface area contributed by atoms with Crippen molar-refractivity contribution in [1.82, 2.24) is 5.32 Å². The second-order valence-electron chi connectivity index (χ2n) is 6.76. The zero-order valence-corrected chi connectivity index (χ0v) is 13.5. The maximum Gasteiger partial charge on any atom is 0.207 e. The van der Waals surface area contributed by atoms with Gasteiger partial charge in [-0.2, -0.15) is 0 Å². The van der Waals surface area contributed by atoms with Crippen LogP contribution in [0.15, 0.2) is 52.3 Å². The molecule has 2 atom stereocenters. The Bertz CT molecular complexity index is 895. The van der Waals surface area contributed by atoms with E-state index in [1.165, 1.54) is 0 Å². The van der Waals surface area contributed by atoms with Crippen LogP contribution in [-0.4, -0.2) is 34.6 Å². The molecule has 0 aromatic heterocycles. The fraction of sp³-hybridized carbons (Fsp3) is 0.333. The highest BCUT2D eigenvalue weighted by atomic mass is 32.2. The van der Waals surface area contributed by atoms with Crippen molar-refractivity contribution in [2.24, 2.45) is 11.8 Å². The van der Waals surface area contributed by atoms with Gasteiger partial charge in [-0.1, -0.05) is 24.3 Å². The molecular weight excluding hydrogens is 308 g/mol. The number of nitrogens with one attached hydrogen (secondary N) is 1. The van der Waals surface area contributed by atoms with Gasteiger partial charge < -0.3 is 10.2 Å². The minimum Gasteiger partial charge on any atom is -0.371 e. The monoisotopic (exact) mass is 326 g/mol. The van der Waals surface area contributed by atoms with Crippen LogP contribution >= 0.6 is 0 Å². The Hall–Kier alpha value is -1.85. The van der Waals surface area contributed by atoms with Gasteiger partial charge in [0.25, 0.3) is 0 Å². The Balaban J connectivity index is 1.58. The van der Waals surface area contributed by atoms with Crippen molar-refractivity contribution >= 4 is 15.5 Å². The van der Waals surface area contributed by atoms with E-state index in [1.54, 1.807) is 12.1 Å². The zero-order valence-electron chi connectivity index (χ0n) is 12.7. The van der Waals surface area contributed by atoms with Gasteiger partial charge in [-0.15, -0.1) is 0 Å². The summed E-state index contributed by atoms with van der Waals surface area (Å²) >= 11 is 0. The molecule has 1 N–H and O–H groups in total. The molecule has 0 spiro atoms. The molecule has 3 aliphatic heterocycles. The zero-order chi connectivity index (χ0) is 15.6. The molecule has 0 aliphatic carbocycles. The molecule has 118 valence electrons. The molecule has 3 aliphatic rings. The fourth-order valence-corrected chi connectivity index (χ4v) is 5.97. The van der Waals surface area contributed by atoms with Gasteiger partial charge in [-0.05, 0) is 30.0 Å². The van der Waals surface area contributed by atoms with E-state index in [2.05, 4.69) is 16.3 Å². The maximum absolute atomic E-state index is 12.8. The van der Waals surface area contributed by atoms with E-state index in [4.69, 9.17) is 0 Å². The molecule has 0 bridgehead atoms. The van der Waals surface area contributed by atoms with Gasteiger partial charge in [-0.25, -0.2) is 8.42 Å². The molecular formula is C18H18N2O2S. The minimum atomic E-state index is -3.37. The largest absolute Gasteiger partial charge is 0.371 e. The molecule has 23 heavy (non-hydrogen) atoms. The lowest BCUT2D eigenvalue weighted by Crippen LogP contribution is -2.25. The first-order valence-electron chi connectivity index (χ1n) is 8.09. The molecule has 2 unspecified atom stereocenters. The molecule has 0 radical (unpaired) electrons. The lowest BCUT2D eigenvalue weighted by molar-refractivity contribution is 0.533. The summed E-state index contributed by atoms with van der Waals surface area (Å²) in [5.41, 5.74) is 2.71. The van der Waals surface area contributed by atoms with Crippen LogP contribution < -0.4 is 10.2 Å². The molecule has 2 aromatic carbocycles. The summed E-state index contributed by atoms with van der Waals surface area (Å²) < 4.78 is 25.6. The lowest BCUT2D eigenvalue weighted by Gasteiger charge is -2.20. The highest BCUT2D eigenvalue weighted by Crippen LogP contribution is 2.44. The summed E-state index contributed by atoms with van der Waals surface area (Å²) in [6.07, 6.45) is 0. The number of sulfone groups is 1. The predicted octanol–water partition coefficient (Wildman–Crippen LogP) is 2.16. The minimum absolute atomic E-state index is 0.439. The van der Waals surface area contributed by atoms with Gasteiger partial charge in [0.05, 0.1) is 9.79 Å². The van der Waals surface area contributed by atoms with Crippen LogP contribution in [0.25, 0.3) is 11.1 Å². The number of fused-ring (bicyclic) bond motifs is 4. The van der Waals surface area contributed by atoms with E-state index in [0.717, 1.165) is 43.0 Å². The summed E-state index contributed by atoms with van der Waals surface area (Å²) in [5.74, 6) is 1.38. The Kier molecular flexibility index (Phi) is 2.71. The van der Waals surface area contributed by atoms with Crippen LogP contribution in [0.2, 0.25) is 0 Å². The Morgan fingerprint density at radius 3 is 2.39 bits per heavy atom. The third-order valence-corrected chi connectivity index (χ3v) is 7.33. The Morgan fingerprint density at radius 2 is 1.61 bits per heavy atom. The summed E-state index contributed by atoms with van der Waals surface area (Å²) in [6, 6.07) is 13.2. The van der Waals surface area contributed by atoms with Crippen molar-refractivity contribution in [1.29, 1.82) is 0 Å². The second kappa shape index (κ2) is 4.58. The number of anilines is 1. The summed E-state index contributed by atoms with van der Waals surface area (Å²) in [6.45, 7) is 4.19. The normalized spacial score (nSPS) is 26.9. The Labute approximate surface area is 136 Å². The standard InChI is InChI=1S/C18H18N2O2S/c21-23(22)17-4-2-1-3-15(17)16-6-5-14(7-18(16)23)20-10-12-8-19-9-13(12)11-20/h1-7,12-13,19H,8-11H2. The highest BCUT2D eigenvalue weighted by molar-refractivity contribution is 7.92. The lowest BCUT2D eigenvalue weighted by atomic mass is 10.0. The van der Waals surface area contributed by atoms with Crippen LogP contribution in [0.3, 0.4) is 0 Å². The summed E-state index contributed by atoms with van der Waals surface area (Å²) in [5, 5.41) is 3.44. The van der Waals surface area contributed by atoms with Crippen molar-refractivity contribution < 1.29 is 8.42 Å². The van der Waals surface area contributed by atoms with Crippen LogP contribution in [0.5, 0.6) is 0 Å². The van der Waals surface area contributed by atoms with Gasteiger partial charge in [-0.3, -0.25) is 0 Å². The first-order chi connectivity index (χ1) is 11.1. The number of hydrogen-bond acceptors (Lipinski definition) is 4. The van der Waals surface area contributed by atoms with Gasteiger partial charge in [0, 0.05) is 43.0 Å². The summed E-state index contributed by atoms with van der Waals surface area (Å²) in [4.78, 5) is 3.25. The van der Waals surface area contributed by atoms with E-state index in [9.17, 15) is 8.42 Å². The third kappa shape index (κ3) is 1.83. The maximum atomic E-state index is 12.8. The van der Waals surface area contributed by atoms with Crippen molar-refractivity contribution in [2.75, 3.05) is 31.1 Å². The molecule has 5 heteroatoms. The number of nitrogens with zero attached hydrogens (tertiary/aromatic N) is 1. The van der Waals surface area contributed by atoms with E-state index in [-0.39, 0.29) is 0 Å². The molecule has 5 rings (SSSR count). The topological polar surface area (TPSA) is 49.4 Å². The average molecular weight is 326 g/mol. The molecule has 2 aromatic rings. The number of benzene rings is 2. The fourth-order valence-electron chi connectivity index (χ4n) is 4.26. The van der Waals surface area contributed by atoms with Crippen molar-refractivity contribution in [3.05, 3.63) is 42.5 Å². The smallest absolute Gasteiger partial charge is 0.207 e. The summed E-state index contributed by atoms with van der Waals surface area (Å²) in [7, 11) is -3.37. The van der Waals surface area contributed by atoms with Crippen molar-refractivity contribution in [2.45, 2.75) is 9.79 Å².